The first-order valence-electron chi connectivity index (χ1n) is 8.24. The van der Waals surface area contributed by atoms with Gasteiger partial charge in [-0.2, -0.15) is 0 Å². The van der Waals surface area contributed by atoms with Crippen LogP contribution in [0.1, 0.15) is 24.6 Å². The maximum atomic E-state index is 13.4. The van der Waals surface area contributed by atoms with Crippen LogP contribution < -0.4 is 11.1 Å². The molecule has 1 fully saturated rings. The molecule has 3 heterocycles. The average molecular weight is 352 g/mol. The Kier molecular flexibility index (Phi) is 4.24. The second-order valence-electron chi connectivity index (χ2n) is 6.00. The van der Waals surface area contributed by atoms with Crippen molar-refractivity contribution in [3.63, 3.8) is 0 Å². The fraction of sp³-hybridized carbons (Fsp3) is 0.278. The lowest BCUT2D eigenvalue weighted by atomic mass is 10.1. The van der Waals surface area contributed by atoms with Crippen molar-refractivity contribution < 1.29 is 9.13 Å². The smallest absolute Gasteiger partial charge is 0.167 e. The zero-order chi connectivity index (χ0) is 18.1. The topological polar surface area (TPSA) is 90.9 Å². The lowest BCUT2D eigenvalue weighted by Crippen LogP contribution is -2.10. The Labute approximate surface area is 149 Å². The summed E-state index contributed by atoms with van der Waals surface area (Å²) in [5.74, 6) is 2.80. The lowest BCUT2D eigenvalue weighted by Gasteiger charge is -2.13. The summed E-state index contributed by atoms with van der Waals surface area (Å²) in [6.45, 7) is 0.201. The van der Waals surface area contributed by atoms with E-state index < -0.39 is 0 Å². The zero-order valence-electron chi connectivity index (χ0n) is 13.9. The fourth-order valence-corrected chi connectivity index (χ4v) is 3.08. The number of nitrogens with one attached hydrogen (secondary N) is 1. The van der Waals surface area contributed by atoms with Gasteiger partial charge in [0.25, 0.3) is 0 Å². The van der Waals surface area contributed by atoms with Crippen LogP contribution in [-0.2, 0) is 11.3 Å². The van der Waals surface area contributed by atoms with Crippen LogP contribution in [0.2, 0.25) is 0 Å². The van der Waals surface area contributed by atoms with Gasteiger partial charge in [0, 0.05) is 12.2 Å². The first-order valence-corrected chi connectivity index (χ1v) is 8.24. The SMILES string of the molecule is C#CC1CCC(n2cnc3c(Nc4ccc(F)cc4CN)ncnc32)O1. The van der Waals surface area contributed by atoms with Crippen LogP contribution >= 0.6 is 0 Å². The summed E-state index contributed by atoms with van der Waals surface area (Å²) in [5.41, 5.74) is 8.26. The minimum absolute atomic E-state index is 0.191. The fourth-order valence-electron chi connectivity index (χ4n) is 3.08. The minimum Gasteiger partial charge on any atom is -0.342 e. The van der Waals surface area contributed by atoms with Crippen molar-refractivity contribution in [3.05, 3.63) is 42.2 Å². The van der Waals surface area contributed by atoms with Gasteiger partial charge in [-0.1, -0.05) is 5.92 Å². The van der Waals surface area contributed by atoms with Crippen molar-refractivity contribution >= 4 is 22.7 Å². The summed E-state index contributed by atoms with van der Waals surface area (Å²) in [7, 11) is 0. The van der Waals surface area contributed by atoms with Crippen LogP contribution in [-0.4, -0.2) is 25.6 Å². The highest BCUT2D eigenvalue weighted by atomic mass is 19.1. The number of hydrogen-bond acceptors (Lipinski definition) is 6. The molecule has 2 aromatic heterocycles. The Morgan fingerprint density at radius 1 is 1.35 bits per heavy atom. The number of benzene rings is 1. The van der Waals surface area contributed by atoms with Crippen LogP contribution in [0, 0.1) is 18.2 Å². The van der Waals surface area contributed by atoms with Crippen LogP contribution in [0.4, 0.5) is 15.9 Å². The largest absolute Gasteiger partial charge is 0.342 e. The zero-order valence-corrected chi connectivity index (χ0v) is 13.9. The number of halogens is 1. The number of imidazole rings is 1. The van der Waals surface area contributed by atoms with Crippen molar-refractivity contribution in [2.45, 2.75) is 31.7 Å². The molecule has 1 aromatic carbocycles. The first kappa shape index (κ1) is 16.4. The Morgan fingerprint density at radius 2 is 2.23 bits per heavy atom. The van der Waals surface area contributed by atoms with Crippen molar-refractivity contribution in [2.75, 3.05) is 5.32 Å². The van der Waals surface area contributed by atoms with Gasteiger partial charge >= 0.3 is 0 Å². The number of anilines is 2. The van der Waals surface area contributed by atoms with E-state index in [9.17, 15) is 4.39 Å². The van der Waals surface area contributed by atoms with Gasteiger partial charge in [-0.15, -0.1) is 6.42 Å². The molecule has 3 aromatic rings. The second kappa shape index (κ2) is 6.71. The molecule has 0 amide bonds. The predicted octanol–water partition coefficient (Wildman–Crippen LogP) is 2.48. The summed E-state index contributed by atoms with van der Waals surface area (Å²) in [4.78, 5) is 13.0. The molecule has 0 saturated carbocycles. The van der Waals surface area contributed by atoms with Gasteiger partial charge in [0.05, 0.1) is 6.33 Å². The van der Waals surface area contributed by atoms with Gasteiger partial charge in [-0.3, -0.25) is 4.57 Å². The third kappa shape index (κ3) is 2.87. The molecular formula is C18H17FN6O. The van der Waals surface area contributed by atoms with E-state index >= 15 is 0 Å². The highest BCUT2D eigenvalue weighted by Gasteiger charge is 2.27. The first-order chi connectivity index (χ1) is 12.7. The monoisotopic (exact) mass is 352 g/mol. The number of fused-ring (bicyclic) bond motifs is 1. The quantitative estimate of drug-likeness (QED) is 0.701. The molecular weight excluding hydrogens is 335 g/mol. The number of hydrogen-bond donors (Lipinski definition) is 2. The van der Waals surface area contributed by atoms with E-state index in [1.807, 2.05) is 4.57 Å². The van der Waals surface area contributed by atoms with E-state index in [0.717, 1.165) is 12.8 Å². The molecule has 132 valence electrons. The summed E-state index contributed by atoms with van der Waals surface area (Å²) in [6, 6.07) is 4.39. The van der Waals surface area contributed by atoms with Gasteiger partial charge in [-0.25, -0.2) is 19.3 Å². The summed E-state index contributed by atoms with van der Waals surface area (Å²) in [6.07, 6.45) is 9.75. The molecule has 8 heteroatoms. The van der Waals surface area contributed by atoms with Gasteiger partial charge in [0.15, 0.2) is 17.0 Å². The molecule has 26 heavy (non-hydrogen) atoms. The summed E-state index contributed by atoms with van der Waals surface area (Å²) < 4.78 is 21.1. The maximum absolute atomic E-state index is 13.4. The molecule has 1 aliphatic heterocycles. The molecule has 0 aliphatic carbocycles. The average Bonchev–Trinajstić information content (AvgIpc) is 3.30. The lowest BCUT2D eigenvalue weighted by molar-refractivity contribution is 0.0300. The molecule has 1 saturated heterocycles. The Bertz CT molecular complexity index is 995. The molecule has 1 aliphatic rings. The minimum atomic E-state index is -0.338. The number of terminal acetylenes is 1. The number of nitrogens with zero attached hydrogens (tertiary/aromatic N) is 4. The molecule has 0 radical (unpaired) electrons. The molecule has 0 spiro atoms. The molecule has 0 bridgehead atoms. The van der Waals surface area contributed by atoms with Crippen LogP contribution in [0.3, 0.4) is 0 Å². The standard InChI is InChI=1S/C18H17FN6O/c1-2-13-4-6-15(26-13)25-10-23-16-17(21-9-22-18(16)25)24-14-5-3-12(19)7-11(14)8-20/h1,3,5,7,9-10,13,15H,4,6,8,20H2,(H,21,22,24). The van der Waals surface area contributed by atoms with E-state index in [1.165, 1.54) is 18.5 Å². The van der Waals surface area contributed by atoms with E-state index in [2.05, 4.69) is 26.2 Å². The van der Waals surface area contributed by atoms with E-state index in [1.54, 1.807) is 12.4 Å². The van der Waals surface area contributed by atoms with Crippen LogP contribution in [0.25, 0.3) is 11.2 Å². The summed E-state index contributed by atoms with van der Waals surface area (Å²) in [5, 5.41) is 3.17. The van der Waals surface area contributed by atoms with Crippen molar-refractivity contribution in [1.82, 2.24) is 19.5 Å². The second-order valence-corrected chi connectivity index (χ2v) is 6.00. The summed E-state index contributed by atoms with van der Waals surface area (Å²) >= 11 is 0. The third-order valence-corrected chi connectivity index (χ3v) is 4.39. The van der Waals surface area contributed by atoms with Crippen molar-refractivity contribution in [1.29, 1.82) is 0 Å². The third-order valence-electron chi connectivity index (χ3n) is 4.39. The van der Waals surface area contributed by atoms with Crippen LogP contribution in [0.15, 0.2) is 30.9 Å². The normalized spacial score (nSPS) is 19.6. The van der Waals surface area contributed by atoms with Gasteiger partial charge in [0.2, 0.25) is 0 Å². The number of rotatable bonds is 4. The maximum Gasteiger partial charge on any atom is 0.167 e. The van der Waals surface area contributed by atoms with Crippen molar-refractivity contribution in [3.8, 4) is 12.3 Å². The Hall–Kier alpha value is -3.02. The number of aromatic nitrogens is 4. The molecule has 2 atom stereocenters. The number of nitrogens with two attached hydrogens (primary N) is 1. The Morgan fingerprint density at radius 3 is 3.00 bits per heavy atom. The Balaban J connectivity index is 1.69. The van der Waals surface area contributed by atoms with Gasteiger partial charge in [-0.05, 0) is 36.6 Å². The van der Waals surface area contributed by atoms with Crippen LogP contribution in [0.5, 0.6) is 0 Å². The highest BCUT2D eigenvalue weighted by molar-refractivity contribution is 5.85. The van der Waals surface area contributed by atoms with E-state index in [0.29, 0.717) is 28.2 Å². The number of ether oxygens (including phenoxy) is 1. The van der Waals surface area contributed by atoms with Gasteiger partial charge in [0.1, 0.15) is 24.5 Å². The molecule has 3 N–H and O–H groups in total. The molecule has 2 unspecified atom stereocenters. The van der Waals surface area contributed by atoms with E-state index in [4.69, 9.17) is 16.9 Å². The van der Waals surface area contributed by atoms with Crippen molar-refractivity contribution in [2.24, 2.45) is 5.73 Å². The predicted molar refractivity (Wildman–Crippen MR) is 94.9 cm³/mol. The molecule has 4 rings (SSSR count). The van der Waals surface area contributed by atoms with E-state index in [-0.39, 0.29) is 24.7 Å². The highest BCUT2D eigenvalue weighted by Crippen LogP contribution is 2.32. The molecule has 7 nitrogen and oxygen atoms in total. The van der Waals surface area contributed by atoms with Gasteiger partial charge < -0.3 is 15.8 Å².